The van der Waals surface area contributed by atoms with Crippen LogP contribution in [0.1, 0.15) is 35.6 Å². The minimum absolute atomic E-state index is 0.155. The molecule has 4 rings (SSSR count). The van der Waals surface area contributed by atoms with Crippen LogP contribution in [0.3, 0.4) is 0 Å². The van der Waals surface area contributed by atoms with Crippen LogP contribution in [-0.2, 0) is 11.2 Å². The Morgan fingerprint density at radius 2 is 2.10 bits per heavy atom. The Labute approximate surface area is 183 Å². The van der Waals surface area contributed by atoms with Crippen LogP contribution in [0.15, 0.2) is 60.9 Å². The number of methoxy groups -OCH3 is 1. The molecular formula is C25H28N4O2. The summed E-state index contributed by atoms with van der Waals surface area (Å²) in [4.78, 5) is 23.9. The molecule has 3 heterocycles. The van der Waals surface area contributed by atoms with Crippen LogP contribution in [0.4, 0.5) is 11.5 Å². The van der Waals surface area contributed by atoms with Crippen molar-refractivity contribution < 1.29 is 9.53 Å². The molecule has 1 aromatic carbocycles. The van der Waals surface area contributed by atoms with Crippen molar-refractivity contribution in [1.82, 2.24) is 14.9 Å². The zero-order chi connectivity index (χ0) is 21.6. The number of amides is 1. The summed E-state index contributed by atoms with van der Waals surface area (Å²) in [6, 6.07) is 15.8. The largest absolute Gasteiger partial charge is 0.497 e. The molecule has 1 fully saturated rings. The Bertz CT molecular complexity index is 1040. The summed E-state index contributed by atoms with van der Waals surface area (Å²) >= 11 is 0. The first kappa shape index (κ1) is 20.8. The van der Waals surface area contributed by atoms with Gasteiger partial charge in [0.1, 0.15) is 11.6 Å². The number of piperidine rings is 1. The van der Waals surface area contributed by atoms with Gasteiger partial charge in [-0.3, -0.25) is 9.78 Å². The van der Waals surface area contributed by atoms with E-state index >= 15 is 0 Å². The van der Waals surface area contributed by atoms with Gasteiger partial charge in [0.15, 0.2) is 0 Å². The normalized spacial score (nSPS) is 16.1. The number of carbonyl (C=O) groups is 1. The predicted octanol–water partition coefficient (Wildman–Crippen LogP) is 4.49. The number of hydrogen-bond acceptors (Lipinski definition) is 5. The second kappa shape index (κ2) is 9.60. The Balaban J connectivity index is 1.38. The number of benzene rings is 1. The number of pyridine rings is 2. The zero-order valence-electron chi connectivity index (χ0n) is 18.0. The fraction of sp³-hybridized carbons (Fsp3) is 0.320. The zero-order valence-corrected chi connectivity index (χ0v) is 18.0. The molecule has 6 heteroatoms. The highest BCUT2D eigenvalue weighted by molar-refractivity contribution is 5.79. The molecule has 31 heavy (non-hydrogen) atoms. The topological polar surface area (TPSA) is 67.3 Å². The van der Waals surface area contributed by atoms with Crippen molar-refractivity contribution in [2.45, 2.75) is 32.1 Å². The molecule has 1 amide bonds. The maximum atomic E-state index is 12.9. The number of ether oxygens (including phenoxy) is 1. The molecule has 160 valence electrons. The van der Waals surface area contributed by atoms with Gasteiger partial charge in [-0.2, -0.15) is 0 Å². The smallest absolute Gasteiger partial charge is 0.227 e. The summed E-state index contributed by atoms with van der Waals surface area (Å²) in [6.07, 6.45) is 6.05. The van der Waals surface area contributed by atoms with Crippen LogP contribution < -0.4 is 10.1 Å². The maximum Gasteiger partial charge on any atom is 0.227 e. The fourth-order valence-electron chi connectivity index (χ4n) is 3.99. The van der Waals surface area contributed by atoms with E-state index in [2.05, 4.69) is 21.4 Å². The molecule has 0 aliphatic carbocycles. The lowest BCUT2D eigenvalue weighted by Gasteiger charge is -2.32. The highest BCUT2D eigenvalue weighted by Gasteiger charge is 2.25. The van der Waals surface area contributed by atoms with Gasteiger partial charge in [0.25, 0.3) is 0 Å². The predicted molar refractivity (Wildman–Crippen MR) is 122 cm³/mol. The third-order valence-electron chi connectivity index (χ3n) is 5.74. The molecule has 1 aliphatic heterocycles. The highest BCUT2D eigenvalue weighted by atomic mass is 16.5. The molecule has 0 saturated carbocycles. The lowest BCUT2D eigenvalue weighted by Crippen LogP contribution is -2.40. The number of likely N-dealkylation sites (tertiary alicyclic amines) is 1. The maximum absolute atomic E-state index is 12.9. The Kier molecular flexibility index (Phi) is 6.46. The summed E-state index contributed by atoms with van der Waals surface area (Å²) in [5.41, 5.74) is 4.00. The van der Waals surface area contributed by atoms with Crippen molar-refractivity contribution in [3.8, 4) is 5.75 Å². The molecule has 1 N–H and O–H groups in total. The van der Waals surface area contributed by atoms with E-state index in [-0.39, 0.29) is 11.8 Å². The number of anilines is 2. The van der Waals surface area contributed by atoms with Crippen molar-refractivity contribution in [1.29, 1.82) is 0 Å². The molecule has 2 aromatic heterocycles. The highest BCUT2D eigenvalue weighted by Crippen LogP contribution is 2.27. The minimum atomic E-state index is 0.155. The van der Waals surface area contributed by atoms with Gasteiger partial charge in [0, 0.05) is 30.9 Å². The number of aromatic nitrogens is 2. The average Bonchev–Trinajstić information content (AvgIpc) is 2.81. The molecular weight excluding hydrogens is 388 g/mol. The first-order valence-corrected chi connectivity index (χ1v) is 10.7. The Hall–Kier alpha value is -3.41. The first-order valence-electron chi connectivity index (χ1n) is 10.7. The van der Waals surface area contributed by atoms with Crippen LogP contribution in [0.25, 0.3) is 0 Å². The molecule has 1 unspecified atom stereocenters. The van der Waals surface area contributed by atoms with Gasteiger partial charge in [-0.15, -0.1) is 0 Å². The van der Waals surface area contributed by atoms with Gasteiger partial charge in [0.05, 0.1) is 25.4 Å². The standard InChI is InChI=1S/C25H28N4O2/c1-18-6-4-12-26-25(18)28-21-10-11-23(27-16-21)20-8-5-13-29(17-20)24(30)15-19-7-3-9-22(14-19)31-2/h3-4,6-7,9-12,14,16,20H,5,8,13,15,17H2,1-2H3,(H,26,28). The Morgan fingerprint density at radius 1 is 1.19 bits per heavy atom. The monoisotopic (exact) mass is 416 g/mol. The molecule has 3 aromatic rings. The van der Waals surface area contributed by atoms with Gasteiger partial charge < -0.3 is 15.0 Å². The first-order chi connectivity index (χ1) is 15.1. The number of hydrogen-bond donors (Lipinski definition) is 1. The summed E-state index contributed by atoms with van der Waals surface area (Å²) in [5.74, 6) is 2.03. The Morgan fingerprint density at radius 3 is 2.87 bits per heavy atom. The van der Waals surface area contributed by atoms with E-state index in [4.69, 9.17) is 4.74 Å². The van der Waals surface area contributed by atoms with Gasteiger partial charge in [-0.1, -0.05) is 18.2 Å². The average molecular weight is 417 g/mol. The van der Waals surface area contributed by atoms with Gasteiger partial charge >= 0.3 is 0 Å². The van der Waals surface area contributed by atoms with E-state index in [1.165, 1.54) is 0 Å². The van der Waals surface area contributed by atoms with Crippen molar-refractivity contribution in [3.05, 3.63) is 77.7 Å². The third kappa shape index (κ3) is 5.20. The van der Waals surface area contributed by atoms with Gasteiger partial charge in [-0.05, 0) is 61.2 Å². The number of aryl methyl sites for hydroxylation is 1. The van der Waals surface area contributed by atoms with Crippen LogP contribution in [-0.4, -0.2) is 41.0 Å². The molecule has 0 radical (unpaired) electrons. The lowest BCUT2D eigenvalue weighted by molar-refractivity contribution is -0.131. The summed E-state index contributed by atoms with van der Waals surface area (Å²) < 4.78 is 5.27. The molecule has 0 bridgehead atoms. The SMILES string of the molecule is COc1cccc(CC(=O)N2CCCC(c3ccc(Nc4ncccc4C)cn3)C2)c1. The van der Waals surface area contributed by atoms with E-state index in [0.717, 1.165) is 53.5 Å². The van der Waals surface area contributed by atoms with E-state index < -0.39 is 0 Å². The van der Waals surface area contributed by atoms with Gasteiger partial charge in [0.2, 0.25) is 5.91 Å². The number of carbonyl (C=O) groups excluding carboxylic acids is 1. The lowest BCUT2D eigenvalue weighted by atomic mass is 9.93. The minimum Gasteiger partial charge on any atom is -0.497 e. The molecule has 1 atom stereocenters. The van der Waals surface area contributed by atoms with Crippen LogP contribution >= 0.6 is 0 Å². The third-order valence-corrected chi connectivity index (χ3v) is 5.74. The van der Waals surface area contributed by atoms with Crippen LogP contribution in [0.2, 0.25) is 0 Å². The molecule has 6 nitrogen and oxygen atoms in total. The summed E-state index contributed by atoms with van der Waals surface area (Å²) in [7, 11) is 1.64. The second-order valence-electron chi connectivity index (χ2n) is 7.97. The van der Waals surface area contributed by atoms with Crippen molar-refractivity contribution in [2.75, 3.05) is 25.5 Å². The summed E-state index contributed by atoms with van der Waals surface area (Å²) in [6.45, 7) is 3.54. The second-order valence-corrected chi connectivity index (χ2v) is 7.97. The van der Waals surface area contributed by atoms with Crippen LogP contribution in [0.5, 0.6) is 5.75 Å². The molecule has 1 saturated heterocycles. The van der Waals surface area contributed by atoms with E-state index in [1.807, 2.05) is 60.5 Å². The van der Waals surface area contributed by atoms with Crippen LogP contribution in [0, 0.1) is 6.92 Å². The van der Waals surface area contributed by atoms with E-state index in [9.17, 15) is 4.79 Å². The number of nitrogens with one attached hydrogen (secondary N) is 1. The fourth-order valence-corrected chi connectivity index (χ4v) is 3.99. The van der Waals surface area contributed by atoms with E-state index in [1.54, 1.807) is 13.3 Å². The molecule has 1 aliphatic rings. The number of nitrogens with zero attached hydrogens (tertiary/aromatic N) is 3. The molecule has 0 spiro atoms. The van der Waals surface area contributed by atoms with Gasteiger partial charge in [-0.25, -0.2) is 4.98 Å². The van der Waals surface area contributed by atoms with Crippen molar-refractivity contribution >= 4 is 17.4 Å². The quantitative estimate of drug-likeness (QED) is 0.641. The van der Waals surface area contributed by atoms with Crippen molar-refractivity contribution in [3.63, 3.8) is 0 Å². The number of rotatable bonds is 6. The van der Waals surface area contributed by atoms with E-state index in [0.29, 0.717) is 13.0 Å². The van der Waals surface area contributed by atoms with Crippen molar-refractivity contribution in [2.24, 2.45) is 0 Å². The summed E-state index contributed by atoms with van der Waals surface area (Å²) in [5, 5.41) is 3.32.